The SMILES string of the molecule is CC(NC(=O)CCNC1CCCc2c1[nH]c1ccc(Br)cc21)C(=O)O. The van der Waals surface area contributed by atoms with Crippen molar-refractivity contribution in [3.63, 3.8) is 0 Å². The number of carbonyl (C=O) groups excluding carboxylic acids is 1. The molecule has 0 aliphatic heterocycles. The van der Waals surface area contributed by atoms with E-state index in [9.17, 15) is 9.59 Å². The Labute approximate surface area is 154 Å². The molecule has 0 radical (unpaired) electrons. The van der Waals surface area contributed by atoms with Gasteiger partial charge in [0.15, 0.2) is 0 Å². The monoisotopic (exact) mass is 407 g/mol. The van der Waals surface area contributed by atoms with Crippen LogP contribution in [0.2, 0.25) is 0 Å². The lowest BCUT2D eigenvalue weighted by molar-refractivity contribution is -0.141. The molecule has 0 spiro atoms. The molecule has 4 N–H and O–H groups in total. The molecule has 1 amide bonds. The Morgan fingerprint density at radius 3 is 3.00 bits per heavy atom. The standard InChI is InChI=1S/C18H22BrN3O3/c1-10(18(24)25)21-16(23)7-8-20-15-4-2-3-12-13-9-11(19)5-6-14(13)22-17(12)15/h5-6,9-10,15,20,22H,2-4,7-8H2,1H3,(H,21,23)(H,24,25). The average molecular weight is 408 g/mol. The summed E-state index contributed by atoms with van der Waals surface area (Å²) >= 11 is 3.53. The Morgan fingerprint density at radius 1 is 1.44 bits per heavy atom. The zero-order valence-electron chi connectivity index (χ0n) is 14.1. The summed E-state index contributed by atoms with van der Waals surface area (Å²) in [5, 5.41) is 16.0. The maximum atomic E-state index is 11.8. The smallest absolute Gasteiger partial charge is 0.325 e. The molecule has 1 aromatic heterocycles. The second-order valence-corrected chi connectivity index (χ2v) is 7.40. The molecular formula is C18H22BrN3O3. The van der Waals surface area contributed by atoms with Crippen LogP contribution in [0.4, 0.5) is 0 Å². The minimum absolute atomic E-state index is 0.194. The van der Waals surface area contributed by atoms with Crippen molar-refractivity contribution >= 4 is 38.7 Å². The van der Waals surface area contributed by atoms with Gasteiger partial charge in [0.05, 0.1) is 0 Å². The van der Waals surface area contributed by atoms with Crippen molar-refractivity contribution in [3.8, 4) is 0 Å². The second-order valence-electron chi connectivity index (χ2n) is 6.48. The average Bonchev–Trinajstić information content (AvgIpc) is 2.93. The van der Waals surface area contributed by atoms with Crippen LogP contribution in [-0.4, -0.2) is 34.6 Å². The molecule has 0 bridgehead atoms. The first-order valence-electron chi connectivity index (χ1n) is 8.51. The topological polar surface area (TPSA) is 94.2 Å². The summed E-state index contributed by atoms with van der Waals surface area (Å²) in [6, 6.07) is 5.59. The fourth-order valence-corrected chi connectivity index (χ4v) is 3.74. The number of aliphatic carboxylic acids is 1. The third kappa shape index (κ3) is 4.04. The van der Waals surface area contributed by atoms with Gasteiger partial charge in [0.1, 0.15) is 6.04 Å². The highest BCUT2D eigenvalue weighted by Crippen LogP contribution is 2.35. The van der Waals surface area contributed by atoms with Gasteiger partial charge in [-0.3, -0.25) is 9.59 Å². The van der Waals surface area contributed by atoms with Crippen molar-refractivity contribution in [3.05, 3.63) is 33.9 Å². The third-order valence-electron chi connectivity index (χ3n) is 4.66. The first-order chi connectivity index (χ1) is 12.0. The molecule has 0 saturated carbocycles. The van der Waals surface area contributed by atoms with E-state index in [-0.39, 0.29) is 18.4 Å². The number of amides is 1. The highest BCUT2D eigenvalue weighted by Gasteiger charge is 2.24. The van der Waals surface area contributed by atoms with Gasteiger partial charge < -0.3 is 20.7 Å². The van der Waals surface area contributed by atoms with Crippen molar-refractivity contribution in [2.45, 2.75) is 44.7 Å². The van der Waals surface area contributed by atoms with Gasteiger partial charge in [-0.25, -0.2) is 0 Å². The molecule has 7 heteroatoms. The molecule has 2 atom stereocenters. The summed E-state index contributed by atoms with van der Waals surface area (Å²) in [6.07, 6.45) is 3.44. The number of benzene rings is 1. The lowest BCUT2D eigenvalue weighted by Gasteiger charge is -2.24. The molecule has 2 unspecified atom stereocenters. The fraction of sp³-hybridized carbons (Fsp3) is 0.444. The van der Waals surface area contributed by atoms with Gasteiger partial charge in [0, 0.05) is 40.1 Å². The summed E-state index contributed by atoms with van der Waals surface area (Å²) < 4.78 is 1.07. The molecule has 0 fully saturated rings. The van der Waals surface area contributed by atoms with E-state index in [1.54, 1.807) is 0 Å². The summed E-state index contributed by atoms with van der Waals surface area (Å²) in [4.78, 5) is 26.1. The molecule has 25 heavy (non-hydrogen) atoms. The van der Waals surface area contributed by atoms with Gasteiger partial charge in [-0.05, 0) is 49.9 Å². The number of aromatic amines is 1. The fourth-order valence-electron chi connectivity index (χ4n) is 3.37. The van der Waals surface area contributed by atoms with Gasteiger partial charge in [-0.2, -0.15) is 0 Å². The number of aromatic nitrogens is 1. The number of halogens is 1. The van der Waals surface area contributed by atoms with E-state index in [4.69, 9.17) is 5.11 Å². The first kappa shape index (κ1) is 17.9. The number of aryl methyl sites for hydroxylation is 1. The molecule has 2 aromatic rings. The number of fused-ring (bicyclic) bond motifs is 3. The third-order valence-corrected chi connectivity index (χ3v) is 5.15. The van der Waals surface area contributed by atoms with Crippen LogP contribution in [0.15, 0.2) is 22.7 Å². The number of carboxylic acids is 1. The summed E-state index contributed by atoms with van der Waals surface area (Å²) in [5.74, 6) is -1.28. The number of rotatable bonds is 6. The van der Waals surface area contributed by atoms with Crippen LogP contribution in [0.3, 0.4) is 0 Å². The largest absolute Gasteiger partial charge is 0.480 e. The van der Waals surface area contributed by atoms with Crippen molar-refractivity contribution < 1.29 is 14.7 Å². The Hall–Kier alpha value is -1.86. The van der Waals surface area contributed by atoms with Crippen molar-refractivity contribution in [1.82, 2.24) is 15.6 Å². The number of carbonyl (C=O) groups is 2. The zero-order chi connectivity index (χ0) is 18.0. The Kier molecular flexibility index (Phi) is 5.44. The van der Waals surface area contributed by atoms with Crippen LogP contribution >= 0.6 is 15.9 Å². The minimum atomic E-state index is -1.03. The van der Waals surface area contributed by atoms with E-state index < -0.39 is 12.0 Å². The van der Waals surface area contributed by atoms with Gasteiger partial charge in [-0.1, -0.05) is 15.9 Å². The lowest BCUT2D eigenvalue weighted by atomic mass is 9.91. The van der Waals surface area contributed by atoms with E-state index in [1.165, 1.54) is 23.6 Å². The van der Waals surface area contributed by atoms with Gasteiger partial charge in [-0.15, -0.1) is 0 Å². The van der Waals surface area contributed by atoms with Crippen LogP contribution in [0, 0.1) is 0 Å². The number of carboxylic acid groups (broad SMARTS) is 1. The Balaban J connectivity index is 1.63. The summed E-state index contributed by atoms with van der Waals surface area (Å²) in [6.45, 7) is 1.98. The number of hydrogen-bond acceptors (Lipinski definition) is 3. The highest BCUT2D eigenvalue weighted by atomic mass is 79.9. The highest BCUT2D eigenvalue weighted by molar-refractivity contribution is 9.10. The molecule has 0 saturated heterocycles. The Morgan fingerprint density at radius 2 is 2.24 bits per heavy atom. The zero-order valence-corrected chi connectivity index (χ0v) is 15.6. The normalized spacial score (nSPS) is 17.9. The van der Waals surface area contributed by atoms with Gasteiger partial charge >= 0.3 is 5.97 Å². The van der Waals surface area contributed by atoms with Crippen molar-refractivity contribution in [2.75, 3.05) is 6.54 Å². The number of hydrogen-bond donors (Lipinski definition) is 4. The molecule has 3 rings (SSSR count). The van der Waals surface area contributed by atoms with Crippen molar-refractivity contribution in [2.24, 2.45) is 0 Å². The molecular weight excluding hydrogens is 386 g/mol. The number of nitrogens with one attached hydrogen (secondary N) is 3. The molecule has 1 aliphatic rings. The van der Waals surface area contributed by atoms with Crippen LogP contribution in [0.1, 0.15) is 43.5 Å². The molecule has 134 valence electrons. The van der Waals surface area contributed by atoms with Crippen molar-refractivity contribution in [1.29, 1.82) is 0 Å². The first-order valence-corrected chi connectivity index (χ1v) is 9.30. The lowest BCUT2D eigenvalue weighted by Crippen LogP contribution is -2.39. The summed E-state index contributed by atoms with van der Waals surface area (Å²) in [5.41, 5.74) is 3.69. The number of H-pyrrole nitrogens is 1. The Bertz CT molecular complexity index is 802. The maximum Gasteiger partial charge on any atom is 0.325 e. The minimum Gasteiger partial charge on any atom is -0.480 e. The van der Waals surface area contributed by atoms with Gasteiger partial charge in [0.25, 0.3) is 0 Å². The molecule has 1 aromatic carbocycles. The van der Waals surface area contributed by atoms with E-state index in [0.717, 1.165) is 29.3 Å². The van der Waals surface area contributed by atoms with Gasteiger partial charge in [0.2, 0.25) is 5.91 Å². The van der Waals surface area contributed by atoms with E-state index in [1.807, 2.05) is 6.07 Å². The van der Waals surface area contributed by atoms with E-state index in [0.29, 0.717) is 6.54 Å². The second kappa shape index (κ2) is 7.58. The van der Waals surface area contributed by atoms with Crippen LogP contribution in [0.25, 0.3) is 10.9 Å². The van der Waals surface area contributed by atoms with E-state index in [2.05, 4.69) is 43.7 Å². The summed E-state index contributed by atoms with van der Waals surface area (Å²) in [7, 11) is 0. The quantitative estimate of drug-likeness (QED) is 0.591. The van der Waals surface area contributed by atoms with Crippen LogP contribution in [0.5, 0.6) is 0 Å². The molecule has 1 heterocycles. The molecule has 1 aliphatic carbocycles. The van der Waals surface area contributed by atoms with Crippen LogP contribution < -0.4 is 10.6 Å². The van der Waals surface area contributed by atoms with E-state index >= 15 is 0 Å². The van der Waals surface area contributed by atoms with Crippen LogP contribution in [-0.2, 0) is 16.0 Å². The maximum absolute atomic E-state index is 11.8. The predicted molar refractivity (Wildman–Crippen MR) is 99.5 cm³/mol. The molecule has 6 nitrogen and oxygen atoms in total. The predicted octanol–water partition coefficient (Wildman–Crippen LogP) is 2.88.